The number of nitrogens with zero attached hydrogens (tertiary/aromatic N) is 1. The van der Waals surface area contributed by atoms with Gasteiger partial charge in [-0.1, -0.05) is 46.3 Å². The van der Waals surface area contributed by atoms with Gasteiger partial charge in [-0.3, -0.25) is 4.98 Å². The van der Waals surface area contributed by atoms with Gasteiger partial charge in [0.25, 0.3) is 0 Å². The van der Waals surface area contributed by atoms with Crippen molar-refractivity contribution in [3.05, 3.63) is 94.4 Å². The number of halogens is 1. The molecule has 0 atom stereocenters. The molecule has 0 saturated carbocycles. The number of fused-ring (bicyclic) bond motifs is 1. The summed E-state index contributed by atoms with van der Waals surface area (Å²) < 4.78 is 1.15. The lowest BCUT2D eigenvalue weighted by Crippen LogP contribution is -1.62. The lowest BCUT2D eigenvalue weighted by molar-refractivity contribution is 0.475. The monoisotopic (exact) mass is 385 g/mol. The first-order chi connectivity index (χ1) is 11.3. The summed E-state index contributed by atoms with van der Waals surface area (Å²) in [5, 5.41) is 15.6. The molecule has 0 bridgehead atoms. The van der Waals surface area contributed by atoms with Gasteiger partial charge < -0.3 is 5.11 Å². The van der Waals surface area contributed by atoms with E-state index in [1.165, 1.54) is 10.8 Å². The lowest BCUT2D eigenvalue weighted by atomic mass is 10.2. The number of phenolic OH excluding ortho intramolecular Hbond substituents is 1. The third-order valence-electron chi connectivity index (χ3n) is 2.76. The minimum Gasteiger partial charge on any atom is -0.508 e. The van der Waals surface area contributed by atoms with E-state index in [2.05, 4.69) is 49.9 Å². The number of benzene rings is 2. The number of pyridine rings is 1. The van der Waals surface area contributed by atoms with E-state index >= 15 is 0 Å². The van der Waals surface area contributed by atoms with Gasteiger partial charge in [-0.25, -0.2) is 0 Å². The second-order valence-electron chi connectivity index (χ2n) is 4.51. The van der Waals surface area contributed by atoms with Crippen molar-refractivity contribution in [1.82, 2.24) is 4.98 Å². The number of thiophene rings is 1. The summed E-state index contributed by atoms with van der Waals surface area (Å²) in [6.45, 7) is 0. The highest BCUT2D eigenvalue weighted by atomic mass is 79.9. The Hall–Kier alpha value is -2.17. The van der Waals surface area contributed by atoms with Crippen LogP contribution in [0.1, 0.15) is 0 Å². The Kier molecular flexibility index (Phi) is 7.30. The van der Waals surface area contributed by atoms with Crippen LogP contribution in [0.5, 0.6) is 5.75 Å². The van der Waals surface area contributed by atoms with E-state index in [-0.39, 0.29) is 0 Å². The molecule has 116 valence electrons. The lowest BCUT2D eigenvalue weighted by Gasteiger charge is -1.88. The van der Waals surface area contributed by atoms with Crippen molar-refractivity contribution in [2.75, 3.05) is 0 Å². The van der Waals surface area contributed by atoms with E-state index in [1.807, 2.05) is 24.3 Å². The third-order valence-corrected chi connectivity index (χ3v) is 4.03. The first kappa shape index (κ1) is 17.2. The zero-order chi connectivity index (χ0) is 16.3. The third kappa shape index (κ3) is 6.63. The molecule has 0 aliphatic rings. The number of hydrogen-bond donors (Lipinski definition) is 1. The van der Waals surface area contributed by atoms with Gasteiger partial charge in [0.2, 0.25) is 0 Å². The van der Waals surface area contributed by atoms with Gasteiger partial charge in [-0.05, 0) is 57.9 Å². The molecule has 0 aliphatic carbocycles. The van der Waals surface area contributed by atoms with Crippen molar-refractivity contribution in [1.29, 1.82) is 0 Å². The average molecular weight is 386 g/mol. The van der Waals surface area contributed by atoms with Gasteiger partial charge in [-0.15, -0.1) is 0 Å². The number of para-hydroxylation sites is 1. The molecule has 0 unspecified atom stereocenters. The SMILES string of the molecule is Brc1ccc2cscc2c1.Oc1ccccc1.c1ccncc1. The fourth-order valence-corrected chi connectivity index (χ4v) is 2.84. The summed E-state index contributed by atoms with van der Waals surface area (Å²) in [7, 11) is 0. The highest BCUT2D eigenvalue weighted by Crippen LogP contribution is 2.22. The van der Waals surface area contributed by atoms with E-state index in [4.69, 9.17) is 5.11 Å². The van der Waals surface area contributed by atoms with Gasteiger partial charge in [0.1, 0.15) is 5.75 Å². The Labute approximate surface area is 148 Å². The molecule has 23 heavy (non-hydrogen) atoms. The minimum absolute atomic E-state index is 0.322. The van der Waals surface area contributed by atoms with E-state index in [9.17, 15) is 0 Å². The fourth-order valence-electron chi connectivity index (χ4n) is 1.68. The molecule has 1 N–H and O–H groups in total. The smallest absolute Gasteiger partial charge is 0.115 e. The number of rotatable bonds is 0. The van der Waals surface area contributed by atoms with E-state index in [0.29, 0.717) is 5.75 Å². The maximum absolute atomic E-state index is 8.63. The molecule has 0 radical (unpaired) electrons. The van der Waals surface area contributed by atoms with Crippen LogP contribution in [0.2, 0.25) is 0 Å². The van der Waals surface area contributed by atoms with E-state index in [1.54, 1.807) is 48.0 Å². The highest BCUT2D eigenvalue weighted by Gasteiger charge is 1.92. The molecular weight excluding hydrogens is 370 g/mol. The predicted octanol–water partition coefficient (Wildman–Crippen LogP) is 6.14. The molecule has 2 aromatic carbocycles. The Bertz CT molecular complexity index is 776. The molecule has 2 heterocycles. The molecule has 0 aliphatic heterocycles. The second-order valence-corrected chi connectivity index (χ2v) is 6.16. The Morgan fingerprint density at radius 2 is 1.43 bits per heavy atom. The van der Waals surface area contributed by atoms with Gasteiger partial charge in [0.15, 0.2) is 0 Å². The zero-order valence-corrected chi connectivity index (χ0v) is 14.7. The summed E-state index contributed by atoms with van der Waals surface area (Å²) in [6, 6.07) is 20.7. The fraction of sp³-hybridized carbons (Fsp3) is 0. The van der Waals surface area contributed by atoms with Crippen LogP contribution in [0.15, 0.2) is 94.4 Å². The first-order valence-electron chi connectivity index (χ1n) is 6.96. The van der Waals surface area contributed by atoms with Crippen LogP contribution in [0.25, 0.3) is 10.8 Å². The number of aromatic hydroxyl groups is 1. The van der Waals surface area contributed by atoms with Crippen LogP contribution < -0.4 is 0 Å². The highest BCUT2D eigenvalue weighted by molar-refractivity contribution is 9.10. The maximum Gasteiger partial charge on any atom is 0.115 e. The van der Waals surface area contributed by atoms with Gasteiger partial charge >= 0.3 is 0 Å². The number of hydrogen-bond acceptors (Lipinski definition) is 3. The van der Waals surface area contributed by atoms with Crippen LogP contribution in [0, 0.1) is 0 Å². The van der Waals surface area contributed by atoms with Crippen LogP contribution in [-0.2, 0) is 0 Å². The molecule has 4 rings (SSSR count). The molecule has 0 saturated heterocycles. The standard InChI is InChI=1S/C8H5BrS.C6H6O.C5H5N/c9-8-2-1-6-4-10-5-7(6)3-8;7-6-4-2-1-3-5-6;1-2-4-6-5-3-1/h1-5H;1-5,7H;1-5H. The number of phenols is 1. The quantitative estimate of drug-likeness (QED) is 0.394. The summed E-state index contributed by atoms with van der Waals surface area (Å²) in [6.07, 6.45) is 3.50. The topological polar surface area (TPSA) is 33.1 Å². The normalized spacial score (nSPS) is 9.26. The van der Waals surface area contributed by atoms with Crippen LogP contribution in [0.3, 0.4) is 0 Å². The second kappa shape index (κ2) is 9.77. The predicted molar refractivity (Wildman–Crippen MR) is 102 cm³/mol. The average Bonchev–Trinajstić information content (AvgIpc) is 3.06. The van der Waals surface area contributed by atoms with E-state index < -0.39 is 0 Å². The minimum atomic E-state index is 0.322. The van der Waals surface area contributed by atoms with Crippen molar-refractivity contribution in [2.45, 2.75) is 0 Å². The molecule has 2 nitrogen and oxygen atoms in total. The Balaban J connectivity index is 0.000000131. The Morgan fingerprint density at radius 1 is 0.783 bits per heavy atom. The van der Waals surface area contributed by atoms with Crippen LogP contribution in [0.4, 0.5) is 0 Å². The molecule has 4 aromatic rings. The molecule has 0 fully saturated rings. The van der Waals surface area contributed by atoms with E-state index in [0.717, 1.165) is 4.47 Å². The van der Waals surface area contributed by atoms with Crippen molar-refractivity contribution >= 4 is 38.0 Å². The van der Waals surface area contributed by atoms with Crippen LogP contribution in [-0.4, -0.2) is 10.1 Å². The first-order valence-corrected chi connectivity index (χ1v) is 8.70. The summed E-state index contributed by atoms with van der Waals surface area (Å²) >= 11 is 5.16. The molecule has 0 spiro atoms. The van der Waals surface area contributed by atoms with Gasteiger partial charge in [0, 0.05) is 16.9 Å². The van der Waals surface area contributed by atoms with Gasteiger partial charge in [0.05, 0.1) is 0 Å². The largest absolute Gasteiger partial charge is 0.508 e. The molecule has 0 amide bonds. The van der Waals surface area contributed by atoms with Crippen molar-refractivity contribution in [2.24, 2.45) is 0 Å². The summed E-state index contributed by atoms with van der Waals surface area (Å²) in [4.78, 5) is 3.78. The maximum atomic E-state index is 8.63. The summed E-state index contributed by atoms with van der Waals surface area (Å²) in [5.74, 6) is 0.322. The summed E-state index contributed by atoms with van der Waals surface area (Å²) in [5.41, 5.74) is 0. The van der Waals surface area contributed by atoms with Gasteiger partial charge in [-0.2, -0.15) is 11.3 Å². The van der Waals surface area contributed by atoms with Crippen molar-refractivity contribution < 1.29 is 5.11 Å². The number of aromatic nitrogens is 1. The molecule has 4 heteroatoms. The van der Waals surface area contributed by atoms with Crippen LogP contribution >= 0.6 is 27.3 Å². The van der Waals surface area contributed by atoms with Crippen molar-refractivity contribution in [3.63, 3.8) is 0 Å². The molecule has 2 aromatic heterocycles. The van der Waals surface area contributed by atoms with Crippen molar-refractivity contribution in [3.8, 4) is 5.75 Å². The Morgan fingerprint density at radius 3 is 1.96 bits per heavy atom. The zero-order valence-electron chi connectivity index (χ0n) is 12.3. The molecular formula is C19H16BrNOS.